The van der Waals surface area contributed by atoms with E-state index in [-0.39, 0.29) is 11.7 Å². The lowest BCUT2D eigenvalue weighted by molar-refractivity contribution is 0.0496. The summed E-state index contributed by atoms with van der Waals surface area (Å²) in [5.74, 6) is 1.47. The van der Waals surface area contributed by atoms with Crippen molar-refractivity contribution in [1.82, 2.24) is 4.90 Å². The molecule has 1 rings (SSSR count). The second kappa shape index (κ2) is 17.9. The Labute approximate surface area is 197 Å². The van der Waals surface area contributed by atoms with E-state index in [1.165, 1.54) is 76.6 Å². The van der Waals surface area contributed by atoms with Crippen molar-refractivity contribution in [1.29, 1.82) is 0 Å². The van der Waals surface area contributed by atoms with Crippen LogP contribution in [0.25, 0.3) is 0 Å². The summed E-state index contributed by atoms with van der Waals surface area (Å²) in [6.45, 7) is 13.3. The van der Waals surface area contributed by atoms with Gasteiger partial charge < -0.3 is 14.7 Å². The van der Waals surface area contributed by atoms with Gasteiger partial charge in [0.2, 0.25) is 0 Å². The van der Waals surface area contributed by atoms with E-state index in [1.54, 1.807) is 12.1 Å². The van der Waals surface area contributed by atoms with Crippen molar-refractivity contribution in [2.24, 2.45) is 11.8 Å². The molecule has 32 heavy (non-hydrogen) atoms. The van der Waals surface area contributed by atoms with Gasteiger partial charge in [-0.05, 0) is 74.8 Å². The number of unbranched alkanes of at least 4 members (excludes halogenated alkanes) is 4. The number of benzene rings is 1. The van der Waals surface area contributed by atoms with Gasteiger partial charge in [0.25, 0.3) is 0 Å². The summed E-state index contributed by atoms with van der Waals surface area (Å²) in [4.78, 5) is 14.8. The second-order valence-corrected chi connectivity index (χ2v) is 9.34. The molecule has 0 saturated carbocycles. The first-order valence-electron chi connectivity index (χ1n) is 13.2. The van der Waals surface area contributed by atoms with Gasteiger partial charge in [0.15, 0.2) is 0 Å². The lowest BCUT2D eigenvalue weighted by Crippen LogP contribution is -2.35. The normalized spacial score (nSPS) is 13.3. The van der Waals surface area contributed by atoms with E-state index in [9.17, 15) is 9.90 Å². The molecule has 1 aromatic rings. The number of carbonyl (C=O) groups excluding carboxylic acids is 1. The fourth-order valence-electron chi connectivity index (χ4n) is 4.28. The molecule has 0 amide bonds. The quantitative estimate of drug-likeness (QED) is 0.177. The van der Waals surface area contributed by atoms with Crippen molar-refractivity contribution in [2.45, 2.75) is 98.3 Å². The topological polar surface area (TPSA) is 49.8 Å². The number of phenolic OH excluding ortho intramolecular Hbond substituents is 1. The third kappa shape index (κ3) is 12.5. The van der Waals surface area contributed by atoms with Gasteiger partial charge in [0.1, 0.15) is 5.75 Å². The monoisotopic (exact) mass is 447 g/mol. The molecule has 0 saturated heterocycles. The molecular formula is C28H49NO3. The Morgan fingerprint density at radius 1 is 0.844 bits per heavy atom. The van der Waals surface area contributed by atoms with Crippen LogP contribution in [-0.2, 0) is 4.74 Å². The second-order valence-electron chi connectivity index (χ2n) is 9.34. The summed E-state index contributed by atoms with van der Waals surface area (Å²) >= 11 is 0. The molecule has 4 nitrogen and oxygen atoms in total. The summed E-state index contributed by atoms with van der Waals surface area (Å²) in [6.07, 6.45) is 13.6. The maximum atomic E-state index is 12.1. The molecule has 0 aliphatic rings. The van der Waals surface area contributed by atoms with Gasteiger partial charge in [0, 0.05) is 13.1 Å². The van der Waals surface area contributed by atoms with Crippen LogP contribution in [0.2, 0.25) is 0 Å². The van der Waals surface area contributed by atoms with Crippen molar-refractivity contribution in [3.8, 4) is 5.75 Å². The number of hydrogen-bond donors (Lipinski definition) is 1. The molecular weight excluding hydrogens is 398 g/mol. The minimum Gasteiger partial charge on any atom is -0.508 e. The molecule has 0 spiro atoms. The number of carbonyl (C=O) groups is 1. The van der Waals surface area contributed by atoms with Crippen LogP contribution in [0.4, 0.5) is 0 Å². The van der Waals surface area contributed by atoms with Crippen LogP contribution >= 0.6 is 0 Å². The van der Waals surface area contributed by atoms with Gasteiger partial charge in [-0.15, -0.1) is 0 Å². The van der Waals surface area contributed by atoms with E-state index in [0.717, 1.165) is 37.6 Å². The highest BCUT2D eigenvalue weighted by Gasteiger charge is 2.16. The number of aromatic hydroxyl groups is 1. The molecule has 0 heterocycles. The predicted octanol–water partition coefficient (Wildman–Crippen LogP) is 7.45. The zero-order chi connectivity index (χ0) is 23.6. The van der Waals surface area contributed by atoms with Gasteiger partial charge >= 0.3 is 5.97 Å². The van der Waals surface area contributed by atoms with E-state index >= 15 is 0 Å². The number of nitrogens with zero attached hydrogens (tertiary/aromatic N) is 1. The lowest BCUT2D eigenvalue weighted by Gasteiger charge is -2.30. The minimum atomic E-state index is -0.310. The largest absolute Gasteiger partial charge is 0.508 e. The molecule has 0 aliphatic heterocycles. The Balaban J connectivity index is 2.42. The van der Waals surface area contributed by atoms with E-state index in [1.807, 2.05) is 0 Å². The molecule has 0 aromatic heterocycles. The summed E-state index contributed by atoms with van der Waals surface area (Å²) in [6, 6.07) is 6.22. The fourth-order valence-corrected chi connectivity index (χ4v) is 4.28. The zero-order valence-electron chi connectivity index (χ0n) is 21.3. The molecule has 2 unspecified atom stereocenters. The SMILES string of the molecule is CCCCC(CC)CN(CCCCCOC(=O)c1ccc(O)cc1)CC(CC)CCCC. The van der Waals surface area contributed by atoms with Crippen LogP contribution < -0.4 is 0 Å². The standard InChI is InChI=1S/C28H49NO3/c1-5-9-14-24(7-3)22-29(23-25(8-4)15-10-6-2)20-12-11-13-21-32-28(31)26-16-18-27(30)19-17-26/h16-19,24-25,30H,5-15,20-23H2,1-4H3. The van der Waals surface area contributed by atoms with Crippen molar-refractivity contribution < 1.29 is 14.6 Å². The Hall–Kier alpha value is -1.55. The zero-order valence-corrected chi connectivity index (χ0v) is 21.3. The maximum Gasteiger partial charge on any atom is 0.338 e. The molecule has 4 heteroatoms. The highest BCUT2D eigenvalue weighted by Crippen LogP contribution is 2.19. The molecule has 0 radical (unpaired) electrons. The summed E-state index contributed by atoms with van der Waals surface area (Å²) in [5, 5.41) is 9.33. The predicted molar refractivity (Wildman–Crippen MR) is 135 cm³/mol. The number of phenols is 1. The lowest BCUT2D eigenvalue weighted by atomic mass is 9.95. The first-order chi connectivity index (χ1) is 15.5. The van der Waals surface area contributed by atoms with Gasteiger partial charge in [-0.2, -0.15) is 0 Å². The Morgan fingerprint density at radius 2 is 1.41 bits per heavy atom. The molecule has 184 valence electrons. The van der Waals surface area contributed by atoms with Crippen molar-refractivity contribution in [3.05, 3.63) is 29.8 Å². The number of ether oxygens (including phenoxy) is 1. The van der Waals surface area contributed by atoms with Gasteiger partial charge in [0.05, 0.1) is 12.2 Å². The number of esters is 1. The van der Waals surface area contributed by atoms with E-state index < -0.39 is 0 Å². The number of rotatable bonds is 19. The Morgan fingerprint density at radius 3 is 1.91 bits per heavy atom. The first kappa shape index (κ1) is 28.5. The molecule has 0 aliphatic carbocycles. The van der Waals surface area contributed by atoms with Crippen LogP contribution in [0.3, 0.4) is 0 Å². The molecule has 1 N–H and O–H groups in total. The highest BCUT2D eigenvalue weighted by atomic mass is 16.5. The summed E-state index contributed by atoms with van der Waals surface area (Å²) in [7, 11) is 0. The molecule has 2 atom stereocenters. The van der Waals surface area contributed by atoms with Crippen LogP contribution in [0.15, 0.2) is 24.3 Å². The first-order valence-corrected chi connectivity index (χ1v) is 13.2. The van der Waals surface area contributed by atoms with E-state index in [2.05, 4.69) is 32.6 Å². The van der Waals surface area contributed by atoms with Crippen LogP contribution in [0.5, 0.6) is 5.75 Å². The fraction of sp³-hybridized carbons (Fsp3) is 0.750. The molecule has 0 bridgehead atoms. The van der Waals surface area contributed by atoms with Crippen molar-refractivity contribution in [2.75, 3.05) is 26.2 Å². The summed E-state index contributed by atoms with van der Waals surface area (Å²) in [5.41, 5.74) is 0.490. The van der Waals surface area contributed by atoms with Crippen molar-refractivity contribution >= 4 is 5.97 Å². The average molecular weight is 448 g/mol. The number of hydrogen-bond acceptors (Lipinski definition) is 4. The van der Waals surface area contributed by atoms with E-state index in [0.29, 0.717) is 12.2 Å². The average Bonchev–Trinajstić information content (AvgIpc) is 2.81. The molecule has 1 aromatic carbocycles. The van der Waals surface area contributed by atoms with Crippen molar-refractivity contribution in [3.63, 3.8) is 0 Å². The third-order valence-corrected chi connectivity index (χ3v) is 6.57. The van der Waals surface area contributed by atoms with Gasteiger partial charge in [-0.25, -0.2) is 4.79 Å². The Kier molecular flexibility index (Phi) is 16.0. The van der Waals surface area contributed by atoms with Gasteiger partial charge in [-0.3, -0.25) is 0 Å². The third-order valence-electron chi connectivity index (χ3n) is 6.57. The van der Waals surface area contributed by atoms with Crippen LogP contribution in [0.1, 0.15) is 109 Å². The Bertz CT molecular complexity index is 569. The highest BCUT2D eigenvalue weighted by molar-refractivity contribution is 5.89. The maximum absolute atomic E-state index is 12.1. The van der Waals surface area contributed by atoms with Gasteiger partial charge in [-0.1, -0.05) is 66.2 Å². The summed E-state index contributed by atoms with van der Waals surface area (Å²) < 4.78 is 5.39. The minimum absolute atomic E-state index is 0.158. The van der Waals surface area contributed by atoms with Crippen LogP contribution in [0, 0.1) is 11.8 Å². The molecule has 0 fully saturated rings. The smallest absolute Gasteiger partial charge is 0.338 e. The van der Waals surface area contributed by atoms with Crippen LogP contribution in [-0.4, -0.2) is 42.2 Å². The van der Waals surface area contributed by atoms with E-state index in [4.69, 9.17) is 4.74 Å².